The van der Waals surface area contributed by atoms with E-state index in [9.17, 15) is 0 Å². The quantitative estimate of drug-likeness (QED) is 0.728. The molecule has 0 aliphatic heterocycles. The SMILES string of the molecule is CC#CCNc1ccc2ccoc2c1. The van der Waals surface area contributed by atoms with Crippen LogP contribution in [0.1, 0.15) is 6.92 Å². The molecule has 70 valence electrons. The Morgan fingerprint density at radius 1 is 1.36 bits per heavy atom. The Hall–Kier alpha value is -1.88. The van der Waals surface area contributed by atoms with E-state index >= 15 is 0 Å². The first-order valence-corrected chi connectivity index (χ1v) is 4.51. The molecule has 0 unspecified atom stereocenters. The first-order chi connectivity index (χ1) is 6.90. The van der Waals surface area contributed by atoms with Crippen molar-refractivity contribution in [2.24, 2.45) is 0 Å². The number of rotatable bonds is 2. The van der Waals surface area contributed by atoms with Gasteiger partial charge in [-0.15, -0.1) is 5.92 Å². The van der Waals surface area contributed by atoms with Crippen molar-refractivity contribution in [2.45, 2.75) is 6.92 Å². The summed E-state index contributed by atoms with van der Waals surface area (Å²) in [5.74, 6) is 5.78. The lowest BCUT2D eigenvalue weighted by Crippen LogP contribution is -1.97. The fraction of sp³-hybridized carbons (Fsp3) is 0.167. The molecule has 0 fully saturated rings. The van der Waals surface area contributed by atoms with Crippen molar-refractivity contribution >= 4 is 16.7 Å². The maximum absolute atomic E-state index is 5.29. The van der Waals surface area contributed by atoms with E-state index in [0.717, 1.165) is 16.7 Å². The maximum Gasteiger partial charge on any atom is 0.135 e. The van der Waals surface area contributed by atoms with Crippen molar-refractivity contribution in [3.05, 3.63) is 30.5 Å². The normalized spacial score (nSPS) is 9.50. The first-order valence-electron chi connectivity index (χ1n) is 4.51. The summed E-state index contributed by atoms with van der Waals surface area (Å²) in [6.45, 7) is 2.50. The molecule has 0 aliphatic rings. The van der Waals surface area contributed by atoms with Crippen molar-refractivity contribution in [1.82, 2.24) is 0 Å². The highest BCUT2D eigenvalue weighted by Crippen LogP contribution is 2.19. The van der Waals surface area contributed by atoms with Gasteiger partial charge in [0.15, 0.2) is 0 Å². The number of anilines is 1. The lowest BCUT2D eigenvalue weighted by molar-refractivity contribution is 0.616. The number of benzene rings is 1. The fourth-order valence-corrected chi connectivity index (χ4v) is 1.30. The van der Waals surface area contributed by atoms with Gasteiger partial charge in [-0.2, -0.15) is 0 Å². The van der Waals surface area contributed by atoms with Gasteiger partial charge in [0.1, 0.15) is 5.58 Å². The van der Waals surface area contributed by atoms with Gasteiger partial charge in [-0.1, -0.05) is 5.92 Å². The zero-order valence-corrected chi connectivity index (χ0v) is 8.00. The van der Waals surface area contributed by atoms with Crippen LogP contribution in [-0.4, -0.2) is 6.54 Å². The molecule has 0 saturated carbocycles. The molecule has 0 saturated heterocycles. The van der Waals surface area contributed by atoms with E-state index in [1.54, 1.807) is 6.26 Å². The molecule has 0 spiro atoms. The molecule has 1 heterocycles. The Kier molecular flexibility index (Phi) is 2.42. The number of hydrogen-bond donors (Lipinski definition) is 1. The van der Waals surface area contributed by atoms with Crippen LogP contribution in [0.25, 0.3) is 11.0 Å². The summed E-state index contributed by atoms with van der Waals surface area (Å²) >= 11 is 0. The average molecular weight is 185 g/mol. The molecule has 0 bridgehead atoms. The summed E-state index contributed by atoms with van der Waals surface area (Å²) in [6.07, 6.45) is 1.69. The summed E-state index contributed by atoms with van der Waals surface area (Å²) < 4.78 is 5.29. The van der Waals surface area contributed by atoms with Crippen LogP contribution in [0, 0.1) is 11.8 Å². The Balaban J connectivity index is 2.20. The minimum absolute atomic E-state index is 0.669. The van der Waals surface area contributed by atoms with E-state index in [4.69, 9.17) is 4.42 Å². The van der Waals surface area contributed by atoms with Crippen LogP contribution in [-0.2, 0) is 0 Å². The largest absolute Gasteiger partial charge is 0.464 e. The van der Waals surface area contributed by atoms with Crippen molar-refractivity contribution in [1.29, 1.82) is 0 Å². The second kappa shape index (κ2) is 3.89. The van der Waals surface area contributed by atoms with Crippen LogP contribution in [0.4, 0.5) is 5.69 Å². The van der Waals surface area contributed by atoms with E-state index in [2.05, 4.69) is 17.2 Å². The molecule has 2 aromatic rings. The highest BCUT2D eigenvalue weighted by molar-refractivity contribution is 5.80. The second-order valence-electron chi connectivity index (χ2n) is 2.95. The van der Waals surface area contributed by atoms with Gasteiger partial charge >= 0.3 is 0 Å². The number of fused-ring (bicyclic) bond motifs is 1. The van der Waals surface area contributed by atoms with Crippen LogP contribution in [0.3, 0.4) is 0 Å². The Morgan fingerprint density at radius 2 is 2.29 bits per heavy atom. The molecule has 0 radical (unpaired) electrons. The molecule has 0 amide bonds. The van der Waals surface area contributed by atoms with Crippen molar-refractivity contribution < 1.29 is 4.42 Å². The van der Waals surface area contributed by atoms with Gasteiger partial charge in [0.25, 0.3) is 0 Å². The van der Waals surface area contributed by atoms with Gasteiger partial charge in [0.05, 0.1) is 12.8 Å². The molecule has 2 rings (SSSR count). The van der Waals surface area contributed by atoms with Crippen LogP contribution < -0.4 is 5.32 Å². The molecule has 1 aromatic heterocycles. The topological polar surface area (TPSA) is 25.2 Å². The standard InChI is InChI=1S/C12H11NO/c1-2-3-7-13-11-5-4-10-6-8-14-12(10)9-11/h4-6,8-9,13H,7H2,1H3. The highest BCUT2D eigenvalue weighted by Gasteiger charge is 1.97. The van der Waals surface area contributed by atoms with Gasteiger partial charge in [0, 0.05) is 17.1 Å². The van der Waals surface area contributed by atoms with Crippen molar-refractivity contribution in [2.75, 3.05) is 11.9 Å². The third-order valence-electron chi connectivity index (χ3n) is 2.01. The maximum atomic E-state index is 5.29. The fourth-order valence-electron chi connectivity index (χ4n) is 1.30. The van der Waals surface area contributed by atoms with E-state index < -0.39 is 0 Å². The lowest BCUT2D eigenvalue weighted by atomic mass is 10.2. The number of hydrogen-bond acceptors (Lipinski definition) is 2. The van der Waals surface area contributed by atoms with Crippen molar-refractivity contribution in [3.63, 3.8) is 0 Å². The molecule has 2 heteroatoms. The molecular weight excluding hydrogens is 174 g/mol. The summed E-state index contributed by atoms with van der Waals surface area (Å²) in [5, 5.41) is 4.32. The van der Waals surface area contributed by atoms with Gasteiger partial charge in [-0.3, -0.25) is 0 Å². The zero-order valence-electron chi connectivity index (χ0n) is 8.00. The average Bonchev–Trinajstić information content (AvgIpc) is 2.65. The van der Waals surface area contributed by atoms with E-state index in [1.807, 2.05) is 31.2 Å². The molecule has 1 aromatic carbocycles. The zero-order chi connectivity index (χ0) is 9.80. The number of nitrogens with one attached hydrogen (secondary N) is 1. The van der Waals surface area contributed by atoms with Gasteiger partial charge < -0.3 is 9.73 Å². The molecule has 1 N–H and O–H groups in total. The Labute approximate surface area is 82.9 Å². The number of furan rings is 1. The third kappa shape index (κ3) is 1.72. The second-order valence-corrected chi connectivity index (χ2v) is 2.95. The summed E-state index contributed by atoms with van der Waals surface area (Å²) in [5.41, 5.74) is 1.94. The van der Waals surface area contributed by atoms with Crippen LogP contribution in [0.15, 0.2) is 34.9 Å². The monoisotopic (exact) mass is 185 g/mol. The Bertz CT molecular complexity index is 487. The van der Waals surface area contributed by atoms with E-state index in [0.29, 0.717) is 6.54 Å². The minimum Gasteiger partial charge on any atom is -0.464 e. The lowest BCUT2D eigenvalue weighted by Gasteiger charge is -2.00. The summed E-state index contributed by atoms with van der Waals surface area (Å²) in [7, 11) is 0. The van der Waals surface area contributed by atoms with E-state index in [-0.39, 0.29) is 0 Å². The summed E-state index contributed by atoms with van der Waals surface area (Å²) in [6, 6.07) is 7.98. The smallest absolute Gasteiger partial charge is 0.135 e. The van der Waals surface area contributed by atoms with Crippen molar-refractivity contribution in [3.8, 4) is 11.8 Å². The predicted octanol–water partition coefficient (Wildman–Crippen LogP) is 2.87. The minimum atomic E-state index is 0.669. The molecule has 14 heavy (non-hydrogen) atoms. The molecule has 2 nitrogen and oxygen atoms in total. The van der Waals surface area contributed by atoms with Crippen LogP contribution in [0.5, 0.6) is 0 Å². The first kappa shape index (κ1) is 8.71. The predicted molar refractivity (Wildman–Crippen MR) is 58.2 cm³/mol. The molecular formula is C12H11NO. The highest BCUT2D eigenvalue weighted by atomic mass is 16.3. The molecule has 0 aliphatic carbocycles. The van der Waals surface area contributed by atoms with Gasteiger partial charge in [-0.05, 0) is 25.1 Å². The van der Waals surface area contributed by atoms with Crippen LogP contribution >= 0.6 is 0 Å². The van der Waals surface area contributed by atoms with Gasteiger partial charge in [0.2, 0.25) is 0 Å². The molecule has 0 atom stereocenters. The Morgan fingerprint density at radius 3 is 3.14 bits per heavy atom. The van der Waals surface area contributed by atoms with E-state index in [1.165, 1.54) is 0 Å². The summed E-state index contributed by atoms with van der Waals surface area (Å²) in [4.78, 5) is 0. The third-order valence-corrected chi connectivity index (χ3v) is 2.01. The van der Waals surface area contributed by atoms with Gasteiger partial charge in [-0.25, -0.2) is 0 Å². The van der Waals surface area contributed by atoms with Crippen LogP contribution in [0.2, 0.25) is 0 Å².